The Balaban J connectivity index is 1.19. The molecule has 32 heavy (non-hydrogen) atoms. The summed E-state index contributed by atoms with van der Waals surface area (Å²) in [6.07, 6.45) is 6.30. The molecule has 2 bridgehead atoms. The normalized spacial score (nSPS) is 34.6. The van der Waals surface area contributed by atoms with Crippen molar-refractivity contribution >= 4 is 17.6 Å². The standard InChI is InChI=1S/C24H36N6O2/c1-23-7-6-17(24(16-23)27-20-18(21(31)28-24)5-3-8-25-20)15-19(23)22(32)26-9-4-10-30-13-11-29(2)12-14-30/h3,5,8,17,19H,4,6-7,9-16H2,1-2H3,(H,25,27)(H,26,32)(H,28,31)/t17-,19-,23+,24-/m1/s1. The molecule has 174 valence electrons. The maximum atomic E-state index is 13.2. The molecular weight excluding hydrogens is 404 g/mol. The van der Waals surface area contributed by atoms with Crippen LogP contribution in [0.15, 0.2) is 18.3 Å². The van der Waals surface area contributed by atoms with Crippen LogP contribution in [-0.4, -0.2) is 78.6 Å². The number of hydrogen-bond donors (Lipinski definition) is 3. The van der Waals surface area contributed by atoms with Gasteiger partial charge in [0.2, 0.25) is 5.91 Å². The van der Waals surface area contributed by atoms with E-state index in [2.05, 4.69) is 44.7 Å². The van der Waals surface area contributed by atoms with Gasteiger partial charge < -0.3 is 25.8 Å². The minimum Gasteiger partial charge on any atom is -0.356 e. The molecule has 3 aliphatic carbocycles. The van der Waals surface area contributed by atoms with Crippen LogP contribution in [0.5, 0.6) is 0 Å². The molecule has 4 atom stereocenters. The van der Waals surface area contributed by atoms with E-state index < -0.39 is 5.66 Å². The first-order chi connectivity index (χ1) is 15.4. The molecule has 0 unspecified atom stereocenters. The summed E-state index contributed by atoms with van der Waals surface area (Å²) in [5.74, 6) is 1.01. The van der Waals surface area contributed by atoms with E-state index in [1.165, 1.54) is 0 Å². The fourth-order valence-electron chi connectivity index (χ4n) is 6.43. The molecule has 3 N–H and O–H groups in total. The Kier molecular flexibility index (Phi) is 5.61. The summed E-state index contributed by atoms with van der Waals surface area (Å²) in [5.41, 5.74) is -0.0358. The van der Waals surface area contributed by atoms with Crippen molar-refractivity contribution in [3.63, 3.8) is 0 Å². The van der Waals surface area contributed by atoms with Gasteiger partial charge in [-0.25, -0.2) is 4.98 Å². The van der Waals surface area contributed by atoms with Gasteiger partial charge in [-0.3, -0.25) is 9.59 Å². The van der Waals surface area contributed by atoms with Gasteiger partial charge in [-0.15, -0.1) is 0 Å². The number of nitrogens with one attached hydrogen (secondary N) is 3. The van der Waals surface area contributed by atoms with Crippen molar-refractivity contribution in [1.29, 1.82) is 0 Å². The Morgan fingerprint density at radius 2 is 2.09 bits per heavy atom. The predicted molar refractivity (Wildman–Crippen MR) is 123 cm³/mol. The van der Waals surface area contributed by atoms with Crippen molar-refractivity contribution in [2.75, 3.05) is 51.6 Å². The number of rotatable bonds is 5. The second-order valence-electron chi connectivity index (χ2n) is 10.6. The Morgan fingerprint density at radius 1 is 1.28 bits per heavy atom. The van der Waals surface area contributed by atoms with Crippen LogP contribution in [0.1, 0.15) is 49.4 Å². The smallest absolute Gasteiger partial charge is 0.256 e. The number of aromatic nitrogens is 1. The molecule has 3 heterocycles. The van der Waals surface area contributed by atoms with Gasteiger partial charge >= 0.3 is 0 Å². The van der Waals surface area contributed by atoms with E-state index in [1.54, 1.807) is 18.3 Å². The van der Waals surface area contributed by atoms with Gasteiger partial charge in [-0.1, -0.05) is 6.92 Å². The van der Waals surface area contributed by atoms with E-state index in [1.807, 2.05) is 0 Å². The predicted octanol–water partition coefficient (Wildman–Crippen LogP) is 1.51. The maximum absolute atomic E-state index is 13.2. The molecule has 6 rings (SSSR count). The summed E-state index contributed by atoms with van der Waals surface area (Å²) >= 11 is 0. The SMILES string of the molecule is CN1CCN(CCCNC(=O)[C@H]2C[C@H]3CC[C@@]2(C)C[C@@]32NC(=O)c3cccnc3N2)CC1. The fraction of sp³-hybridized carbons (Fsp3) is 0.708. The number of anilines is 1. The summed E-state index contributed by atoms with van der Waals surface area (Å²) in [6.45, 7) is 8.49. The number of pyridine rings is 1. The van der Waals surface area contributed by atoms with Gasteiger partial charge in [-0.05, 0) is 63.2 Å². The number of nitrogens with zero attached hydrogens (tertiary/aromatic N) is 3. The van der Waals surface area contributed by atoms with Crippen molar-refractivity contribution in [2.24, 2.45) is 17.3 Å². The zero-order valence-corrected chi connectivity index (χ0v) is 19.3. The third-order valence-corrected chi connectivity index (χ3v) is 8.40. The first-order valence-electron chi connectivity index (χ1n) is 12.1. The topological polar surface area (TPSA) is 89.6 Å². The molecule has 0 aromatic carbocycles. The van der Waals surface area contributed by atoms with Crippen LogP contribution < -0.4 is 16.0 Å². The lowest BCUT2D eigenvalue weighted by atomic mass is 9.51. The summed E-state index contributed by atoms with van der Waals surface area (Å²) < 4.78 is 0. The van der Waals surface area contributed by atoms with E-state index >= 15 is 0 Å². The molecule has 1 aromatic heterocycles. The van der Waals surface area contributed by atoms with Gasteiger partial charge in [0, 0.05) is 50.8 Å². The highest BCUT2D eigenvalue weighted by atomic mass is 16.2. The van der Waals surface area contributed by atoms with Gasteiger partial charge in [0.1, 0.15) is 11.5 Å². The first kappa shape index (κ1) is 21.6. The van der Waals surface area contributed by atoms with Gasteiger partial charge in [0.05, 0.1) is 5.56 Å². The highest BCUT2D eigenvalue weighted by Crippen LogP contribution is 2.58. The van der Waals surface area contributed by atoms with Gasteiger partial charge in [-0.2, -0.15) is 0 Å². The molecule has 5 aliphatic rings. The summed E-state index contributed by atoms with van der Waals surface area (Å²) in [7, 11) is 2.17. The zero-order valence-electron chi connectivity index (χ0n) is 19.3. The molecular formula is C24H36N6O2. The number of piperazine rings is 1. The van der Waals surface area contributed by atoms with Crippen LogP contribution in [-0.2, 0) is 4.79 Å². The monoisotopic (exact) mass is 440 g/mol. The Labute approximate surface area is 190 Å². The summed E-state index contributed by atoms with van der Waals surface area (Å²) in [6, 6.07) is 3.59. The number of amides is 2. The van der Waals surface area contributed by atoms with E-state index in [0.717, 1.165) is 71.4 Å². The van der Waals surface area contributed by atoms with Crippen LogP contribution in [0.4, 0.5) is 5.82 Å². The third kappa shape index (κ3) is 3.88. The number of fused-ring (bicyclic) bond motifs is 3. The van der Waals surface area contributed by atoms with Gasteiger partial charge in [0.15, 0.2) is 0 Å². The van der Waals surface area contributed by atoms with Crippen LogP contribution in [0.3, 0.4) is 0 Å². The minimum absolute atomic E-state index is 0.000609. The lowest BCUT2D eigenvalue weighted by Gasteiger charge is -2.60. The molecule has 2 aliphatic heterocycles. The van der Waals surface area contributed by atoms with Crippen LogP contribution >= 0.6 is 0 Å². The lowest BCUT2D eigenvalue weighted by Crippen LogP contribution is -2.70. The van der Waals surface area contributed by atoms with Crippen molar-refractivity contribution in [2.45, 2.75) is 44.7 Å². The fourth-order valence-corrected chi connectivity index (χ4v) is 6.43. The third-order valence-electron chi connectivity index (χ3n) is 8.40. The van der Waals surface area contributed by atoms with E-state index in [4.69, 9.17) is 0 Å². The summed E-state index contributed by atoms with van der Waals surface area (Å²) in [4.78, 5) is 35.2. The second kappa shape index (κ2) is 8.30. The Bertz CT molecular complexity index is 885. The molecule has 4 fully saturated rings. The van der Waals surface area contributed by atoms with Crippen molar-refractivity contribution in [1.82, 2.24) is 25.4 Å². The number of hydrogen-bond acceptors (Lipinski definition) is 6. The highest BCUT2D eigenvalue weighted by molar-refractivity contribution is 6.01. The van der Waals surface area contributed by atoms with Gasteiger partial charge in [0.25, 0.3) is 5.91 Å². The summed E-state index contributed by atoms with van der Waals surface area (Å²) in [5, 5.41) is 10.1. The molecule has 1 saturated heterocycles. The highest BCUT2D eigenvalue weighted by Gasteiger charge is 2.60. The number of carbonyl (C=O) groups is 2. The van der Waals surface area contributed by atoms with Crippen LogP contribution in [0.25, 0.3) is 0 Å². The van der Waals surface area contributed by atoms with Crippen molar-refractivity contribution < 1.29 is 9.59 Å². The van der Waals surface area contributed by atoms with E-state index in [-0.39, 0.29) is 29.1 Å². The molecule has 0 radical (unpaired) electrons. The maximum Gasteiger partial charge on any atom is 0.256 e. The molecule has 3 saturated carbocycles. The molecule has 2 amide bonds. The second-order valence-corrected chi connectivity index (χ2v) is 10.6. The van der Waals surface area contributed by atoms with Crippen molar-refractivity contribution in [3.05, 3.63) is 23.9 Å². The molecule has 1 aromatic rings. The first-order valence-corrected chi connectivity index (χ1v) is 12.1. The van der Waals surface area contributed by atoms with Crippen molar-refractivity contribution in [3.8, 4) is 0 Å². The van der Waals surface area contributed by atoms with E-state index in [0.29, 0.717) is 11.4 Å². The Hall–Kier alpha value is -2.19. The van der Waals surface area contributed by atoms with Crippen LogP contribution in [0, 0.1) is 17.3 Å². The average molecular weight is 441 g/mol. The lowest BCUT2D eigenvalue weighted by molar-refractivity contribution is -0.139. The molecule has 1 spiro atoms. The number of carbonyl (C=O) groups excluding carboxylic acids is 2. The largest absolute Gasteiger partial charge is 0.356 e. The molecule has 8 nitrogen and oxygen atoms in total. The zero-order chi connectivity index (χ0) is 22.3. The minimum atomic E-state index is -0.496. The van der Waals surface area contributed by atoms with E-state index in [9.17, 15) is 9.59 Å². The van der Waals surface area contributed by atoms with Crippen LogP contribution in [0.2, 0.25) is 0 Å². The molecule has 8 heteroatoms. The quantitative estimate of drug-likeness (QED) is 0.602. The number of likely N-dealkylation sites (N-methyl/N-ethyl adjacent to an activating group) is 1. The Morgan fingerprint density at radius 3 is 2.88 bits per heavy atom. The average Bonchev–Trinajstić information content (AvgIpc) is 2.77.